The number of carbonyl (C=O) groups is 1. The summed E-state index contributed by atoms with van der Waals surface area (Å²) in [4.78, 5) is 20.2. The largest absolute Gasteiger partial charge is 0.481 e. The van der Waals surface area contributed by atoms with E-state index in [2.05, 4.69) is 15.3 Å². The second-order valence-electron chi connectivity index (χ2n) is 6.24. The molecule has 1 atom stereocenters. The Labute approximate surface area is 157 Å². The number of imidazole rings is 1. The number of aromatic nitrogens is 2. The minimum Gasteiger partial charge on any atom is -0.481 e. The van der Waals surface area contributed by atoms with E-state index in [1.165, 1.54) is 0 Å². The number of anilines is 1. The first kappa shape index (κ1) is 16.8. The molecular formula is C22H19N3O2. The van der Waals surface area contributed by atoms with Crippen molar-refractivity contribution in [1.82, 2.24) is 9.97 Å². The number of ether oxygens (including phenoxy) is 1. The van der Waals surface area contributed by atoms with Crippen molar-refractivity contribution in [3.05, 3.63) is 78.9 Å². The first-order valence-corrected chi connectivity index (χ1v) is 8.77. The molecule has 0 aliphatic carbocycles. The monoisotopic (exact) mass is 357 g/mol. The Balaban J connectivity index is 1.43. The number of hydrogen-bond donors (Lipinski definition) is 2. The molecule has 0 aliphatic heterocycles. The number of benzene rings is 3. The maximum atomic E-state index is 12.3. The predicted molar refractivity (Wildman–Crippen MR) is 107 cm³/mol. The summed E-state index contributed by atoms with van der Waals surface area (Å²) in [6, 6.07) is 24.8. The van der Waals surface area contributed by atoms with E-state index in [-0.39, 0.29) is 5.91 Å². The maximum absolute atomic E-state index is 12.3. The van der Waals surface area contributed by atoms with Crippen molar-refractivity contribution < 1.29 is 9.53 Å². The van der Waals surface area contributed by atoms with Gasteiger partial charge in [0, 0.05) is 11.3 Å². The topological polar surface area (TPSA) is 67.0 Å². The minimum absolute atomic E-state index is 0.199. The Morgan fingerprint density at radius 2 is 1.67 bits per heavy atom. The van der Waals surface area contributed by atoms with Crippen LogP contribution >= 0.6 is 0 Å². The quantitative estimate of drug-likeness (QED) is 0.547. The van der Waals surface area contributed by atoms with Gasteiger partial charge in [-0.1, -0.05) is 30.3 Å². The lowest BCUT2D eigenvalue weighted by Gasteiger charge is -2.14. The van der Waals surface area contributed by atoms with Crippen LogP contribution in [0.2, 0.25) is 0 Å². The molecule has 0 radical (unpaired) electrons. The van der Waals surface area contributed by atoms with Crippen molar-refractivity contribution in [2.45, 2.75) is 13.0 Å². The second kappa shape index (κ2) is 7.33. The molecule has 134 valence electrons. The number of para-hydroxylation sites is 3. The molecule has 5 heteroatoms. The number of carbonyl (C=O) groups excluding carboxylic acids is 1. The summed E-state index contributed by atoms with van der Waals surface area (Å²) in [5.41, 5.74) is 3.59. The lowest BCUT2D eigenvalue weighted by atomic mass is 10.2. The van der Waals surface area contributed by atoms with Crippen LogP contribution in [0, 0.1) is 0 Å². The van der Waals surface area contributed by atoms with Crippen LogP contribution in [-0.4, -0.2) is 22.0 Å². The third-order valence-corrected chi connectivity index (χ3v) is 4.24. The minimum atomic E-state index is -0.595. The van der Waals surface area contributed by atoms with E-state index in [0.29, 0.717) is 11.4 Å². The van der Waals surface area contributed by atoms with E-state index in [9.17, 15) is 4.79 Å². The van der Waals surface area contributed by atoms with E-state index >= 15 is 0 Å². The van der Waals surface area contributed by atoms with Crippen molar-refractivity contribution in [3.63, 3.8) is 0 Å². The highest BCUT2D eigenvalue weighted by Crippen LogP contribution is 2.22. The second-order valence-corrected chi connectivity index (χ2v) is 6.24. The van der Waals surface area contributed by atoms with Crippen LogP contribution in [0.15, 0.2) is 78.9 Å². The summed E-state index contributed by atoms with van der Waals surface area (Å²) in [5, 5.41) is 2.87. The molecular weight excluding hydrogens is 338 g/mol. The van der Waals surface area contributed by atoms with Gasteiger partial charge in [0.25, 0.3) is 5.91 Å². The van der Waals surface area contributed by atoms with Gasteiger partial charge in [-0.25, -0.2) is 4.98 Å². The van der Waals surface area contributed by atoms with E-state index in [1.807, 2.05) is 78.9 Å². The van der Waals surface area contributed by atoms with Gasteiger partial charge in [-0.05, 0) is 55.5 Å². The Hall–Kier alpha value is -3.60. The lowest BCUT2D eigenvalue weighted by Crippen LogP contribution is -2.30. The van der Waals surface area contributed by atoms with Gasteiger partial charge < -0.3 is 15.0 Å². The molecule has 2 N–H and O–H groups in total. The van der Waals surface area contributed by atoms with Crippen LogP contribution < -0.4 is 10.1 Å². The van der Waals surface area contributed by atoms with Gasteiger partial charge in [-0.3, -0.25) is 4.79 Å². The van der Waals surface area contributed by atoms with Crippen molar-refractivity contribution in [1.29, 1.82) is 0 Å². The van der Waals surface area contributed by atoms with Crippen LogP contribution in [0.3, 0.4) is 0 Å². The number of H-pyrrole nitrogens is 1. The molecule has 3 aromatic carbocycles. The Morgan fingerprint density at radius 1 is 0.963 bits per heavy atom. The number of nitrogens with one attached hydrogen (secondary N) is 2. The number of fused-ring (bicyclic) bond motifs is 1. The van der Waals surface area contributed by atoms with Gasteiger partial charge in [0.2, 0.25) is 0 Å². The molecule has 1 heterocycles. The summed E-state index contributed by atoms with van der Waals surface area (Å²) in [5.74, 6) is 1.27. The molecule has 1 aromatic heterocycles. The molecule has 0 bridgehead atoms. The van der Waals surface area contributed by atoms with E-state index in [4.69, 9.17) is 4.74 Å². The van der Waals surface area contributed by atoms with Gasteiger partial charge in [0.15, 0.2) is 6.10 Å². The third kappa shape index (κ3) is 3.82. The van der Waals surface area contributed by atoms with Crippen LogP contribution in [0.1, 0.15) is 6.92 Å². The molecule has 4 rings (SSSR count). The van der Waals surface area contributed by atoms with Crippen molar-refractivity contribution in [2.75, 3.05) is 5.32 Å². The zero-order valence-electron chi connectivity index (χ0n) is 14.8. The molecule has 4 aromatic rings. The lowest BCUT2D eigenvalue weighted by molar-refractivity contribution is -0.122. The molecule has 0 aliphatic rings. The predicted octanol–water partition coefficient (Wildman–Crippen LogP) is 4.64. The number of amides is 1. The van der Waals surface area contributed by atoms with Gasteiger partial charge in [0.05, 0.1) is 11.0 Å². The summed E-state index contributed by atoms with van der Waals surface area (Å²) in [6.07, 6.45) is -0.595. The summed E-state index contributed by atoms with van der Waals surface area (Å²) < 4.78 is 5.65. The molecule has 1 unspecified atom stereocenters. The molecule has 1 amide bonds. The SMILES string of the molecule is CC(Oc1ccccc1)C(=O)Nc1ccc(-c2nc3ccccc3[nH]2)cc1. The van der Waals surface area contributed by atoms with Crippen molar-refractivity contribution in [2.24, 2.45) is 0 Å². The summed E-state index contributed by atoms with van der Waals surface area (Å²) in [7, 11) is 0. The average Bonchev–Trinajstić information content (AvgIpc) is 3.13. The molecule has 0 fully saturated rings. The number of aromatic amines is 1. The highest BCUT2D eigenvalue weighted by atomic mass is 16.5. The van der Waals surface area contributed by atoms with Gasteiger partial charge in [-0.15, -0.1) is 0 Å². The fraction of sp³-hybridized carbons (Fsp3) is 0.0909. The van der Waals surface area contributed by atoms with E-state index < -0.39 is 6.10 Å². The van der Waals surface area contributed by atoms with Gasteiger partial charge >= 0.3 is 0 Å². The molecule has 5 nitrogen and oxygen atoms in total. The number of hydrogen-bond acceptors (Lipinski definition) is 3. The van der Waals surface area contributed by atoms with E-state index in [1.54, 1.807) is 6.92 Å². The molecule has 0 spiro atoms. The highest BCUT2D eigenvalue weighted by molar-refractivity contribution is 5.94. The zero-order valence-corrected chi connectivity index (χ0v) is 14.8. The zero-order chi connectivity index (χ0) is 18.6. The van der Waals surface area contributed by atoms with Gasteiger partial charge in [-0.2, -0.15) is 0 Å². The van der Waals surface area contributed by atoms with E-state index in [0.717, 1.165) is 22.4 Å². The van der Waals surface area contributed by atoms with Crippen molar-refractivity contribution in [3.8, 4) is 17.1 Å². The maximum Gasteiger partial charge on any atom is 0.265 e. The van der Waals surface area contributed by atoms with Gasteiger partial charge in [0.1, 0.15) is 11.6 Å². The normalized spacial score (nSPS) is 11.9. The summed E-state index contributed by atoms with van der Waals surface area (Å²) >= 11 is 0. The Kier molecular flexibility index (Phi) is 4.58. The third-order valence-electron chi connectivity index (χ3n) is 4.24. The fourth-order valence-corrected chi connectivity index (χ4v) is 2.80. The molecule has 27 heavy (non-hydrogen) atoms. The number of nitrogens with zero attached hydrogens (tertiary/aromatic N) is 1. The molecule has 0 saturated heterocycles. The van der Waals surface area contributed by atoms with Crippen molar-refractivity contribution >= 4 is 22.6 Å². The standard InChI is InChI=1S/C22H19N3O2/c1-15(27-18-7-3-2-4-8-18)22(26)23-17-13-11-16(12-14-17)21-24-19-9-5-6-10-20(19)25-21/h2-15H,1H3,(H,23,26)(H,24,25). The van der Waals surface area contributed by atoms with Crippen LogP contribution in [-0.2, 0) is 4.79 Å². The van der Waals surface area contributed by atoms with Crippen LogP contribution in [0.4, 0.5) is 5.69 Å². The molecule has 0 saturated carbocycles. The van der Waals surface area contributed by atoms with Crippen LogP contribution in [0.25, 0.3) is 22.4 Å². The Bertz CT molecular complexity index is 1020. The highest BCUT2D eigenvalue weighted by Gasteiger charge is 2.15. The average molecular weight is 357 g/mol. The first-order valence-electron chi connectivity index (χ1n) is 8.77. The Morgan fingerprint density at radius 3 is 2.41 bits per heavy atom. The first-order chi connectivity index (χ1) is 13.2. The summed E-state index contributed by atoms with van der Waals surface area (Å²) in [6.45, 7) is 1.73. The van der Waals surface area contributed by atoms with Crippen LogP contribution in [0.5, 0.6) is 5.75 Å². The smallest absolute Gasteiger partial charge is 0.265 e. The fourth-order valence-electron chi connectivity index (χ4n) is 2.80. The number of rotatable bonds is 5.